The molecule has 0 radical (unpaired) electrons. The molecule has 3 nitrogen and oxygen atoms in total. The van der Waals surface area contributed by atoms with Crippen molar-refractivity contribution in [1.82, 2.24) is 5.32 Å². The minimum Gasteiger partial charge on any atom is -0.347 e. The second-order valence-corrected chi connectivity index (χ2v) is 2.61. The van der Waals surface area contributed by atoms with Crippen LogP contribution in [0.15, 0.2) is 0 Å². The van der Waals surface area contributed by atoms with E-state index in [-0.39, 0.29) is 5.79 Å². The quantitative estimate of drug-likeness (QED) is 0.622. The lowest BCUT2D eigenvalue weighted by Gasteiger charge is -2.21. The van der Waals surface area contributed by atoms with Gasteiger partial charge in [-0.05, 0) is 13.5 Å². The minimum atomic E-state index is -0.365. The van der Waals surface area contributed by atoms with Crippen LogP contribution in [0.3, 0.4) is 0 Å². The van der Waals surface area contributed by atoms with Crippen LogP contribution in [0.25, 0.3) is 0 Å². The van der Waals surface area contributed by atoms with Crippen LogP contribution >= 0.6 is 0 Å². The molecular formula is C7H15NO2. The Bertz CT molecular complexity index is 99.8. The average molecular weight is 145 g/mol. The zero-order chi connectivity index (χ0) is 7.45. The lowest BCUT2D eigenvalue weighted by molar-refractivity contribution is -0.137. The van der Waals surface area contributed by atoms with Gasteiger partial charge >= 0.3 is 0 Å². The van der Waals surface area contributed by atoms with Crippen molar-refractivity contribution in [3.63, 3.8) is 0 Å². The second kappa shape index (κ2) is 3.32. The Balaban J connectivity index is 2.22. The Hall–Kier alpha value is -0.120. The smallest absolute Gasteiger partial charge is 0.178 e. The Morgan fingerprint density at radius 3 is 2.50 bits per heavy atom. The first kappa shape index (κ1) is 7.98. The van der Waals surface area contributed by atoms with E-state index in [1.807, 2.05) is 6.92 Å². The van der Waals surface area contributed by atoms with E-state index >= 15 is 0 Å². The number of ether oxygens (including phenoxy) is 2. The molecule has 0 aromatic heterocycles. The van der Waals surface area contributed by atoms with Gasteiger partial charge in [0, 0.05) is 6.54 Å². The van der Waals surface area contributed by atoms with Crippen LogP contribution < -0.4 is 5.32 Å². The predicted molar refractivity (Wildman–Crippen MR) is 38.9 cm³/mol. The summed E-state index contributed by atoms with van der Waals surface area (Å²) in [7, 11) is 0. The molecule has 1 heterocycles. The molecule has 1 saturated heterocycles. The van der Waals surface area contributed by atoms with Crippen molar-refractivity contribution in [1.29, 1.82) is 0 Å². The van der Waals surface area contributed by atoms with Crippen molar-refractivity contribution < 1.29 is 9.47 Å². The van der Waals surface area contributed by atoms with Gasteiger partial charge in [0.1, 0.15) is 0 Å². The molecule has 0 amide bonds. The zero-order valence-corrected chi connectivity index (χ0v) is 6.64. The van der Waals surface area contributed by atoms with E-state index in [0.29, 0.717) is 0 Å². The molecule has 0 unspecified atom stereocenters. The van der Waals surface area contributed by atoms with Crippen LogP contribution in [0.2, 0.25) is 0 Å². The fraction of sp³-hybridized carbons (Fsp3) is 1.00. The summed E-state index contributed by atoms with van der Waals surface area (Å²) in [5.74, 6) is -0.365. The van der Waals surface area contributed by atoms with E-state index < -0.39 is 0 Å². The third-order valence-electron chi connectivity index (χ3n) is 1.59. The molecule has 1 fully saturated rings. The van der Waals surface area contributed by atoms with E-state index in [4.69, 9.17) is 9.47 Å². The standard InChI is InChI=1S/C7H15NO2/c1-3-8-6-7(2)9-4-5-10-7/h8H,3-6H2,1-2H3. The highest BCUT2D eigenvalue weighted by Crippen LogP contribution is 2.16. The second-order valence-electron chi connectivity index (χ2n) is 2.61. The van der Waals surface area contributed by atoms with Gasteiger partial charge in [-0.15, -0.1) is 0 Å². The number of rotatable bonds is 3. The van der Waals surface area contributed by atoms with Gasteiger partial charge in [-0.3, -0.25) is 0 Å². The van der Waals surface area contributed by atoms with E-state index in [9.17, 15) is 0 Å². The lowest BCUT2D eigenvalue weighted by atomic mass is 10.3. The summed E-state index contributed by atoms with van der Waals surface area (Å²) >= 11 is 0. The fourth-order valence-corrected chi connectivity index (χ4v) is 1.01. The van der Waals surface area contributed by atoms with E-state index in [0.717, 1.165) is 26.3 Å². The third-order valence-corrected chi connectivity index (χ3v) is 1.59. The Morgan fingerprint density at radius 1 is 1.40 bits per heavy atom. The third kappa shape index (κ3) is 1.94. The highest BCUT2D eigenvalue weighted by atomic mass is 16.7. The first-order valence-corrected chi connectivity index (χ1v) is 3.75. The summed E-state index contributed by atoms with van der Waals surface area (Å²) in [6.07, 6.45) is 0. The van der Waals surface area contributed by atoms with E-state index in [1.165, 1.54) is 0 Å². The molecule has 0 aromatic carbocycles. The molecule has 0 aliphatic carbocycles. The molecule has 0 bridgehead atoms. The van der Waals surface area contributed by atoms with Gasteiger partial charge in [0.25, 0.3) is 0 Å². The lowest BCUT2D eigenvalue weighted by Crippen LogP contribution is -2.38. The van der Waals surface area contributed by atoms with Crippen molar-refractivity contribution >= 4 is 0 Å². The van der Waals surface area contributed by atoms with Crippen molar-refractivity contribution in [2.45, 2.75) is 19.6 Å². The highest BCUT2D eigenvalue weighted by Gasteiger charge is 2.29. The van der Waals surface area contributed by atoms with Crippen molar-refractivity contribution in [2.75, 3.05) is 26.3 Å². The number of hydrogen-bond donors (Lipinski definition) is 1. The van der Waals surface area contributed by atoms with Gasteiger partial charge in [0.2, 0.25) is 0 Å². The molecule has 1 aliphatic rings. The van der Waals surface area contributed by atoms with E-state index in [1.54, 1.807) is 0 Å². The van der Waals surface area contributed by atoms with Gasteiger partial charge in [-0.2, -0.15) is 0 Å². The number of likely N-dealkylation sites (N-methyl/N-ethyl adjacent to an activating group) is 1. The average Bonchev–Trinajstić information content (AvgIpc) is 2.33. The summed E-state index contributed by atoms with van der Waals surface area (Å²) in [6.45, 7) is 7.22. The SMILES string of the molecule is CCNCC1(C)OCCO1. The maximum atomic E-state index is 5.36. The van der Waals surface area contributed by atoms with Crippen LogP contribution in [0.5, 0.6) is 0 Å². The molecular weight excluding hydrogens is 130 g/mol. The fourth-order valence-electron chi connectivity index (χ4n) is 1.01. The van der Waals surface area contributed by atoms with Crippen molar-refractivity contribution in [3.8, 4) is 0 Å². The molecule has 1 rings (SSSR count). The molecule has 60 valence electrons. The molecule has 0 saturated carbocycles. The molecule has 1 N–H and O–H groups in total. The molecule has 1 aliphatic heterocycles. The Labute approximate surface area is 61.7 Å². The molecule has 3 heteroatoms. The van der Waals surface area contributed by atoms with Gasteiger partial charge in [-0.1, -0.05) is 6.92 Å². The highest BCUT2D eigenvalue weighted by molar-refractivity contribution is 4.70. The van der Waals surface area contributed by atoms with Crippen LogP contribution in [0, 0.1) is 0 Å². The maximum absolute atomic E-state index is 5.36. The van der Waals surface area contributed by atoms with Gasteiger partial charge in [0.15, 0.2) is 5.79 Å². The van der Waals surface area contributed by atoms with Crippen molar-refractivity contribution in [2.24, 2.45) is 0 Å². The topological polar surface area (TPSA) is 30.5 Å². The largest absolute Gasteiger partial charge is 0.347 e. The van der Waals surface area contributed by atoms with Gasteiger partial charge in [0.05, 0.1) is 13.2 Å². The summed E-state index contributed by atoms with van der Waals surface area (Å²) in [5, 5.41) is 3.18. The molecule has 0 atom stereocenters. The minimum absolute atomic E-state index is 0.365. The molecule has 10 heavy (non-hydrogen) atoms. The van der Waals surface area contributed by atoms with Crippen LogP contribution in [-0.4, -0.2) is 32.1 Å². The zero-order valence-electron chi connectivity index (χ0n) is 6.64. The normalized spacial score (nSPS) is 23.4. The van der Waals surface area contributed by atoms with Gasteiger partial charge < -0.3 is 14.8 Å². The first-order chi connectivity index (χ1) is 4.77. The monoisotopic (exact) mass is 145 g/mol. The Kier molecular flexibility index (Phi) is 2.65. The summed E-state index contributed by atoms with van der Waals surface area (Å²) < 4.78 is 10.7. The summed E-state index contributed by atoms with van der Waals surface area (Å²) in [6, 6.07) is 0. The molecule has 0 spiro atoms. The summed E-state index contributed by atoms with van der Waals surface area (Å²) in [5.41, 5.74) is 0. The molecule has 0 aromatic rings. The number of hydrogen-bond acceptors (Lipinski definition) is 3. The van der Waals surface area contributed by atoms with Crippen molar-refractivity contribution in [3.05, 3.63) is 0 Å². The number of nitrogens with one attached hydrogen (secondary N) is 1. The van der Waals surface area contributed by atoms with Crippen LogP contribution in [-0.2, 0) is 9.47 Å². The van der Waals surface area contributed by atoms with Gasteiger partial charge in [-0.25, -0.2) is 0 Å². The summed E-state index contributed by atoms with van der Waals surface area (Å²) in [4.78, 5) is 0. The predicted octanol–water partition coefficient (Wildman–Crippen LogP) is 0.359. The van der Waals surface area contributed by atoms with Crippen LogP contribution in [0.1, 0.15) is 13.8 Å². The maximum Gasteiger partial charge on any atom is 0.178 e. The van der Waals surface area contributed by atoms with E-state index in [2.05, 4.69) is 12.2 Å². The van der Waals surface area contributed by atoms with Crippen LogP contribution in [0.4, 0.5) is 0 Å². The first-order valence-electron chi connectivity index (χ1n) is 3.75. The Morgan fingerprint density at radius 2 is 2.00 bits per heavy atom.